The van der Waals surface area contributed by atoms with Crippen LogP contribution in [0.2, 0.25) is 0 Å². The van der Waals surface area contributed by atoms with Crippen LogP contribution in [0.3, 0.4) is 0 Å². The van der Waals surface area contributed by atoms with E-state index in [4.69, 9.17) is 0 Å². The fraction of sp³-hybridized carbons (Fsp3) is 0.263. The van der Waals surface area contributed by atoms with Crippen molar-refractivity contribution >= 4 is 5.95 Å². The van der Waals surface area contributed by atoms with Gasteiger partial charge in [0.2, 0.25) is 11.8 Å². The maximum atomic E-state index is 14.2. The molecule has 0 aliphatic heterocycles. The Morgan fingerprint density at radius 2 is 1.78 bits per heavy atom. The molecule has 0 radical (unpaired) electrons. The number of hydrogen-bond donors (Lipinski definition) is 2. The number of nitrogens with zero attached hydrogens (tertiary/aromatic N) is 4. The predicted molar refractivity (Wildman–Crippen MR) is 95.4 cm³/mol. The van der Waals surface area contributed by atoms with Crippen LogP contribution < -0.4 is 5.32 Å². The summed E-state index contributed by atoms with van der Waals surface area (Å²) in [6.45, 7) is 0.293. The normalized spacial score (nSPS) is 21.5. The average molecular weight is 369 g/mol. The smallest absolute Gasteiger partial charge is 0.222 e. The van der Waals surface area contributed by atoms with Crippen LogP contribution in [0, 0.1) is 5.82 Å². The van der Waals surface area contributed by atoms with Crippen molar-refractivity contribution in [3.05, 3.63) is 60.6 Å². The van der Waals surface area contributed by atoms with Gasteiger partial charge in [-0.1, -0.05) is 0 Å². The Morgan fingerprint density at radius 1 is 1.04 bits per heavy atom. The van der Waals surface area contributed by atoms with Gasteiger partial charge >= 0.3 is 0 Å². The summed E-state index contributed by atoms with van der Waals surface area (Å²) in [4.78, 5) is 16.5. The Morgan fingerprint density at radius 3 is 2.41 bits per heavy atom. The van der Waals surface area contributed by atoms with Gasteiger partial charge in [-0.15, -0.1) is 0 Å². The third-order valence-corrected chi connectivity index (χ3v) is 4.80. The summed E-state index contributed by atoms with van der Waals surface area (Å²) < 4.78 is 27.8. The lowest BCUT2D eigenvalue weighted by molar-refractivity contribution is 0.0963. The number of aromatic hydroxyl groups is 1. The van der Waals surface area contributed by atoms with E-state index in [9.17, 15) is 13.9 Å². The zero-order chi connectivity index (χ0) is 18.9. The fourth-order valence-electron chi connectivity index (χ4n) is 3.36. The summed E-state index contributed by atoms with van der Waals surface area (Å²) in [5.41, 5.74) is 1.09. The lowest BCUT2D eigenvalue weighted by Gasteiger charge is -2.43. The van der Waals surface area contributed by atoms with Crippen molar-refractivity contribution < 1.29 is 13.9 Å². The topological polar surface area (TPSA) is 83.8 Å². The largest absolute Gasteiger partial charge is 0.493 e. The first-order valence-corrected chi connectivity index (χ1v) is 8.52. The predicted octanol–water partition coefficient (Wildman–Crippen LogP) is 3.26. The Balaban J connectivity index is 1.49. The zero-order valence-corrected chi connectivity index (χ0v) is 14.3. The first-order valence-electron chi connectivity index (χ1n) is 8.52. The van der Waals surface area contributed by atoms with Gasteiger partial charge < -0.3 is 10.4 Å². The monoisotopic (exact) mass is 369 g/mol. The van der Waals surface area contributed by atoms with E-state index in [0.717, 1.165) is 11.1 Å². The summed E-state index contributed by atoms with van der Waals surface area (Å²) in [7, 11) is 0. The zero-order valence-electron chi connectivity index (χ0n) is 14.3. The van der Waals surface area contributed by atoms with Gasteiger partial charge in [-0.05, 0) is 31.0 Å². The van der Waals surface area contributed by atoms with E-state index in [1.54, 1.807) is 18.5 Å². The van der Waals surface area contributed by atoms with Crippen LogP contribution in [0.25, 0.3) is 11.1 Å². The molecule has 2 N–H and O–H groups in total. The van der Waals surface area contributed by atoms with Gasteiger partial charge in [0, 0.05) is 53.9 Å². The van der Waals surface area contributed by atoms with E-state index in [-0.39, 0.29) is 24.4 Å². The molecule has 1 aliphatic carbocycles. The van der Waals surface area contributed by atoms with Crippen LogP contribution in [0.15, 0.2) is 49.1 Å². The number of rotatable bonds is 5. The number of aromatic nitrogens is 4. The molecule has 1 saturated carbocycles. The van der Waals surface area contributed by atoms with Crippen LogP contribution in [-0.2, 0) is 5.41 Å². The van der Waals surface area contributed by atoms with Crippen molar-refractivity contribution in [2.45, 2.75) is 24.4 Å². The molecule has 3 aromatic heterocycles. The van der Waals surface area contributed by atoms with E-state index in [1.807, 2.05) is 0 Å². The Bertz CT molecular complexity index is 928. The van der Waals surface area contributed by atoms with Crippen LogP contribution in [0.5, 0.6) is 5.88 Å². The SMILES string of the molecule is Oc1ccc(-c2cnc(NC[C@]3(c4ncccc4F)C[C@H](F)C3)nc2)cn1. The Labute approximate surface area is 154 Å². The lowest BCUT2D eigenvalue weighted by atomic mass is 9.65. The fourth-order valence-corrected chi connectivity index (χ4v) is 3.36. The third kappa shape index (κ3) is 3.42. The molecule has 0 saturated heterocycles. The second-order valence-electron chi connectivity index (χ2n) is 6.67. The second-order valence-corrected chi connectivity index (χ2v) is 6.67. The van der Waals surface area contributed by atoms with E-state index in [2.05, 4.69) is 25.3 Å². The highest BCUT2D eigenvalue weighted by Gasteiger charge is 2.48. The molecule has 3 aromatic rings. The highest BCUT2D eigenvalue weighted by atomic mass is 19.1. The average Bonchev–Trinajstić information content (AvgIpc) is 2.66. The molecule has 0 spiro atoms. The molecule has 4 rings (SSSR count). The molecular weight excluding hydrogens is 352 g/mol. The molecule has 0 atom stereocenters. The third-order valence-electron chi connectivity index (χ3n) is 4.80. The molecule has 3 heterocycles. The van der Waals surface area contributed by atoms with Crippen LogP contribution >= 0.6 is 0 Å². The highest BCUT2D eigenvalue weighted by Crippen LogP contribution is 2.45. The van der Waals surface area contributed by atoms with Gasteiger partial charge in [0.25, 0.3) is 0 Å². The minimum atomic E-state index is -0.960. The molecule has 0 unspecified atom stereocenters. The summed E-state index contributed by atoms with van der Waals surface area (Å²) in [5.74, 6) is -0.123. The highest BCUT2D eigenvalue weighted by molar-refractivity contribution is 5.61. The van der Waals surface area contributed by atoms with E-state index < -0.39 is 17.4 Å². The minimum absolute atomic E-state index is 0.0586. The van der Waals surface area contributed by atoms with Crippen molar-refractivity contribution in [2.24, 2.45) is 0 Å². The van der Waals surface area contributed by atoms with Crippen LogP contribution in [0.4, 0.5) is 14.7 Å². The van der Waals surface area contributed by atoms with Gasteiger partial charge in [-0.25, -0.2) is 23.7 Å². The second kappa shape index (κ2) is 6.86. The van der Waals surface area contributed by atoms with Crippen LogP contribution in [-0.4, -0.2) is 37.8 Å². The first kappa shape index (κ1) is 17.3. The van der Waals surface area contributed by atoms with Crippen LogP contribution in [0.1, 0.15) is 18.5 Å². The van der Waals surface area contributed by atoms with Gasteiger partial charge in [-0.2, -0.15) is 0 Å². The summed E-state index contributed by atoms with van der Waals surface area (Å²) in [6, 6.07) is 6.05. The van der Waals surface area contributed by atoms with Gasteiger partial charge in [0.05, 0.1) is 5.69 Å². The molecule has 6 nitrogen and oxygen atoms in total. The van der Waals surface area contributed by atoms with Crippen molar-refractivity contribution in [1.82, 2.24) is 19.9 Å². The number of alkyl halides is 1. The van der Waals surface area contributed by atoms with Gasteiger partial charge in [0.15, 0.2) is 0 Å². The summed E-state index contributed by atoms with van der Waals surface area (Å²) in [6.07, 6.45) is 5.75. The molecule has 27 heavy (non-hydrogen) atoms. The number of nitrogens with one attached hydrogen (secondary N) is 1. The van der Waals surface area contributed by atoms with E-state index in [1.165, 1.54) is 30.6 Å². The maximum Gasteiger partial charge on any atom is 0.222 e. The quantitative estimate of drug-likeness (QED) is 0.718. The Kier molecular flexibility index (Phi) is 4.39. The van der Waals surface area contributed by atoms with Crippen molar-refractivity contribution in [3.63, 3.8) is 0 Å². The van der Waals surface area contributed by atoms with Gasteiger partial charge in [-0.3, -0.25) is 4.98 Å². The standard InChI is InChI=1S/C19H17F2N5O/c20-14-6-19(7-14,17-15(21)2-1-5-22-17)11-26-18-24-9-13(10-25-18)12-3-4-16(27)23-8-12/h1-5,8-10,14H,6-7,11H2,(H,23,27)(H,24,25,26)/t14-,19-. The molecule has 1 fully saturated rings. The van der Waals surface area contributed by atoms with Crippen molar-refractivity contribution in [2.75, 3.05) is 11.9 Å². The lowest BCUT2D eigenvalue weighted by Crippen LogP contribution is -2.49. The van der Waals surface area contributed by atoms with E-state index in [0.29, 0.717) is 12.5 Å². The molecule has 0 aromatic carbocycles. The number of pyridine rings is 2. The number of anilines is 1. The molecule has 0 bridgehead atoms. The molecule has 8 heteroatoms. The molecule has 0 amide bonds. The number of hydrogen-bond acceptors (Lipinski definition) is 6. The Hall–Kier alpha value is -3.16. The molecule has 138 valence electrons. The summed E-state index contributed by atoms with van der Waals surface area (Å²) in [5, 5.41) is 12.3. The molecule has 1 aliphatic rings. The van der Waals surface area contributed by atoms with Crippen molar-refractivity contribution in [3.8, 4) is 17.0 Å². The summed E-state index contributed by atoms with van der Waals surface area (Å²) >= 11 is 0. The maximum absolute atomic E-state index is 14.2. The van der Waals surface area contributed by atoms with Crippen molar-refractivity contribution in [1.29, 1.82) is 0 Å². The number of halogens is 2. The molecular formula is C19H17F2N5O. The van der Waals surface area contributed by atoms with E-state index >= 15 is 0 Å². The first-order chi connectivity index (χ1) is 13.1. The van der Waals surface area contributed by atoms with Gasteiger partial charge in [0.1, 0.15) is 12.0 Å². The minimum Gasteiger partial charge on any atom is -0.493 e.